The van der Waals surface area contributed by atoms with Gasteiger partial charge in [0.25, 0.3) is 0 Å². The third-order valence-electron chi connectivity index (χ3n) is 4.02. The molecule has 8 heteroatoms. The lowest BCUT2D eigenvalue weighted by atomic mass is 10.2. The van der Waals surface area contributed by atoms with Crippen LogP contribution in [0.3, 0.4) is 0 Å². The summed E-state index contributed by atoms with van der Waals surface area (Å²) in [4.78, 5) is 26.8. The molecule has 1 fully saturated rings. The van der Waals surface area contributed by atoms with Crippen molar-refractivity contribution in [3.8, 4) is 0 Å². The molecule has 25 heavy (non-hydrogen) atoms. The van der Waals surface area contributed by atoms with Gasteiger partial charge in [0.2, 0.25) is 11.8 Å². The molecule has 1 aromatic heterocycles. The maximum Gasteiger partial charge on any atom is 0.243 e. The van der Waals surface area contributed by atoms with E-state index < -0.39 is 0 Å². The van der Waals surface area contributed by atoms with Crippen LogP contribution in [0.1, 0.15) is 25.7 Å². The Bertz CT molecular complexity index is 744. The van der Waals surface area contributed by atoms with E-state index in [0.717, 1.165) is 35.0 Å². The molecule has 0 bridgehead atoms. The average molecular weight is 359 g/mol. The lowest BCUT2D eigenvalue weighted by Crippen LogP contribution is -2.37. The maximum absolute atomic E-state index is 12.2. The van der Waals surface area contributed by atoms with Gasteiger partial charge in [-0.05, 0) is 48.9 Å². The highest BCUT2D eigenvalue weighted by Crippen LogP contribution is 2.26. The van der Waals surface area contributed by atoms with Crippen LogP contribution >= 0.6 is 11.8 Å². The maximum atomic E-state index is 12.2. The Hall–Kier alpha value is -2.35. The van der Waals surface area contributed by atoms with Gasteiger partial charge in [-0.3, -0.25) is 9.59 Å². The molecule has 1 aliphatic heterocycles. The van der Waals surface area contributed by atoms with E-state index in [-0.39, 0.29) is 18.4 Å². The molecule has 0 spiro atoms. The highest BCUT2D eigenvalue weighted by molar-refractivity contribution is 7.99. The van der Waals surface area contributed by atoms with Crippen molar-refractivity contribution in [1.29, 1.82) is 0 Å². The van der Waals surface area contributed by atoms with Crippen molar-refractivity contribution >= 4 is 29.3 Å². The van der Waals surface area contributed by atoms with Crippen LogP contribution in [0.25, 0.3) is 0 Å². The Balaban J connectivity index is 1.54. The topological polar surface area (TPSA) is 80.1 Å². The average Bonchev–Trinajstić information content (AvgIpc) is 2.88. The van der Waals surface area contributed by atoms with E-state index in [1.54, 1.807) is 11.2 Å². The van der Waals surface area contributed by atoms with Crippen LogP contribution in [0.4, 0.5) is 5.69 Å². The molecule has 2 aromatic rings. The predicted octanol–water partition coefficient (Wildman–Crippen LogP) is 2.31. The summed E-state index contributed by atoms with van der Waals surface area (Å²) in [5, 5.41) is 11.5. The van der Waals surface area contributed by atoms with Crippen LogP contribution in [-0.4, -0.2) is 44.6 Å². The van der Waals surface area contributed by atoms with Crippen molar-refractivity contribution in [3.63, 3.8) is 0 Å². The molecule has 2 heterocycles. The first-order valence-electron chi connectivity index (χ1n) is 8.31. The second-order valence-corrected chi connectivity index (χ2v) is 7.07. The third-order valence-corrected chi connectivity index (χ3v) is 5.08. The number of likely N-dealkylation sites (tertiary alicyclic amines) is 1. The van der Waals surface area contributed by atoms with Crippen molar-refractivity contribution in [3.05, 3.63) is 30.6 Å². The number of nitrogens with zero attached hydrogens (tertiary/aromatic N) is 4. The Kier molecular flexibility index (Phi) is 5.70. The van der Waals surface area contributed by atoms with Crippen LogP contribution < -0.4 is 5.32 Å². The number of aryl methyl sites for hydroxylation is 1. The molecule has 2 amide bonds. The van der Waals surface area contributed by atoms with Gasteiger partial charge in [0, 0.05) is 30.6 Å². The zero-order chi connectivity index (χ0) is 17.6. The minimum absolute atomic E-state index is 0.0723. The van der Waals surface area contributed by atoms with Crippen molar-refractivity contribution < 1.29 is 9.59 Å². The zero-order valence-electron chi connectivity index (χ0n) is 14.1. The number of hydrogen-bond acceptors (Lipinski definition) is 5. The molecule has 0 unspecified atom stereocenters. The molecular formula is C17H21N5O2S. The summed E-state index contributed by atoms with van der Waals surface area (Å²) in [6.07, 6.45) is 5.13. The summed E-state index contributed by atoms with van der Waals surface area (Å²) in [7, 11) is 1.89. The monoisotopic (exact) mass is 359 g/mol. The Labute approximate surface area is 150 Å². The van der Waals surface area contributed by atoms with Gasteiger partial charge >= 0.3 is 0 Å². The number of amides is 2. The fourth-order valence-corrected chi connectivity index (χ4v) is 3.42. The van der Waals surface area contributed by atoms with Gasteiger partial charge < -0.3 is 14.8 Å². The Morgan fingerprint density at radius 3 is 2.76 bits per heavy atom. The van der Waals surface area contributed by atoms with Crippen LogP contribution in [0.2, 0.25) is 0 Å². The molecule has 1 aliphatic rings. The predicted molar refractivity (Wildman–Crippen MR) is 95.2 cm³/mol. The highest BCUT2D eigenvalue weighted by Gasteiger charge is 2.19. The smallest absolute Gasteiger partial charge is 0.243 e. The zero-order valence-corrected chi connectivity index (χ0v) is 15.0. The van der Waals surface area contributed by atoms with Gasteiger partial charge in [-0.1, -0.05) is 6.42 Å². The lowest BCUT2D eigenvalue weighted by molar-refractivity contribution is -0.134. The van der Waals surface area contributed by atoms with Crippen LogP contribution in [0, 0.1) is 0 Å². The molecular weight excluding hydrogens is 338 g/mol. The number of hydrogen-bond donors (Lipinski definition) is 1. The SMILES string of the molecule is Cn1cnnc1Sc1ccc(NC(=O)CN2CCCCCC2=O)cc1. The van der Waals surface area contributed by atoms with Crippen molar-refractivity contribution in [2.75, 3.05) is 18.4 Å². The van der Waals surface area contributed by atoms with Crippen molar-refractivity contribution in [1.82, 2.24) is 19.7 Å². The molecule has 3 rings (SSSR count). The molecule has 1 aromatic carbocycles. The van der Waals surface area contributed by atoms with Gasteiger partial charge in [0.05, 0.1) is 6.54 Å². The summed E-state index contributed by atoms with van der Waals surface area (Å²) in [6.45, 7) is 0.786. The standard InChI is InChI=1S/C17H21N5O2S/c1-21-12-18-20-17(21)25-14-8-6-13(7-9-14)19-15(23)11-22-10-4-2-3-5-16(22)24/h6-9,12H,2-5,10-11H2,1H3,(H,19,23). The van der Waals surface area contributed by atoms with Crippen molar-refractivity contribution in [2.24, 2.45) is 7.05 Å². The van der Waals surface area contributed by atoms with E-state index in [0.29, 0.717) is 13.0 Å². The molecule has 0 atom stereocenters. The minimum Gasteiger partial charge on any atom is -0.333 e. The second kappa shape index (κ2) is 8.15. The van der Waals surface area contributed by atoms with Crippen LogP contribution in [0.15, 0.2) is 40.6 Å². The van der Waals surface area contributed by atoms with Crippen molar-refractivity contribution in [2.45, 2.75) is 35.7 Å². The first kappa shape index (κ1) is 17.5. The molecule has 7 nitrogen and oxygen atoms in total. The van der Waals surface area contributed by atoms with Gasteiger partial charge in [0.15, 0.2) is 5.16 Å². The van der Waals surface area contributed by atoms with Crippen LogP contribution in [0.5, 0.6) is 0 Å². The van der Waals surface area contributed by atoms with E-state index in [9.17, 15) is 9.59 Å². The Morgan fingerprint density at radius 1 is 1.24 bits per heavy atom. The number of carbonyl (C=O) groups is 2. The molecule has 1 saturated heterocycles. The number of rotatable bonds is 5. The largest absolute Gasteiger partial charge is 0.333 e. The normalized spacial score (nSPS) is 15.1. The summed E-state index contributed by atoms with van der Waals surface area (Å²) in [6, 6.07) is 7.54. The van der Waals surface area contributed by atoms with E-state index in [1.807, 2.05) is 35.9 Å². The summed E-state index contributed by atoms with van der Waals surface area (Å²) in [5.41, 5.74) is 0.717. The van der Waals surface area contributed by atoms with Gasteiger partial charge in [-0.15, -0.1) is 10.2 Å². The molecule has 0 saturated carbocycles. The van der Waals surface area contributed by atoms with Gasteiger partial charge in [0.1, 0.15) is 6.33 Å². The second-order valence-electron chi connectivity index (χ2n) is 6.02. The summed E-state index contributed by atoms with van der Waals surface area (Å²) < 4.78 is 1.85. The highest BCUT2D eigenvalue weighted by atomic mass is 32.2. The molecule has 1 N–H and O–H groups in total. The third kappa shape index (κ3) is 4.82. The fourth-order valence-electron chi connectivity index (χ4n) is 2.66. The number of anilines is 1. The van der Waals surface area contributed by atoms with E-state index in [2.05, 4.69) is 15.5 Å². The first-order chi connectivity index (χ1) is 12.1. The number of aromatic nitrogens is 3. The van der Waals surface area contributed by atoms with Gasteiger partial charge in [-0.25, -0.2) is 0 Å². The number of benzene rings is 1. The molecule has 132 valence electrons. The molecule has 0 aliphatic carbocycles. The number of nitrogens with one attached hydrogen (secondary N) is 1. The minimum atomic E-state index is -0.163. The Morgan fingerprint density at radius 2 is 2.04 bits per heavy atom. The lowest BCUT2D eigenvalue weighted by Gasteiger charge is -2.19. The van der Waals surface area contributed by atoms with E-state index in [4.69, 9.17) is 0 Å². The summed E-state index contributed by atoms with van der Waals surface area (Å²) >= 11 is 1.50. The van der Waals surface area contributed by atoms with E-state index >= 15 is 0 Å². The van der Waals surface area contributed by atoms with E-state index in [1.165, 1.54) is 11.8 Å². The van der Waals surface area contributed by atoms with Crippen LogP contribution in [-0.2, 0) is 16.6 Å². The fraction of sp³-hybridized carbons (Fsp3) is 0.412. The first-order valence-corrected chi connectivity index (χ1v) is 9.13. The quantitative estimate of drug-likeness (QED) is 0.886. The number of carbonyl (C=O) groups excluding carboxylic acids is 2. The summed E-state index contributed by atoms with van der Waals surface area (Å²) in [5.74, 6) is -0.0907. The molecule has 0 radical (unpaired) electrons. The van der Waals surface area contributed by atoms with Gasteiger partial charge in [-0.2, -0.15) is 0 Å².